The summed E-state index contributed by atoms with van der Waals surface area (Å²) < 4.78 is 223. The van der Waals surface area contributed by atoms with Crippen LogP contribution in [0.4, 0.5) is 52.7 Å². The Balaban J connectivity index is 0. The van der Waals surface area contributed by atoms with Gasteiger partial charge in [-0.3, -0.25) is 0 Å². The number of unbranched alkanes of at least 4 members (excludes halogenated alkanes) is 2. The van der Waals surface area contributed by atoms with Gasteiger partial charge in [-0.15, -0.1) is 0 Å². The second-order valence-corrected chi connectivity index (χ2v) is 15.6. The fraction of sp³-hybridized carbons (Fsp3) is 0.545. The van der Waals surface area contributed by atoms with Crippen molar-refractivity contribution >= 4 is 40.1 Å². The Morgan fingerprint density at radius 1 is 0.420 bits per heavy atom. The molecule has 0 spiro atoms. The normalized spacial score (nSPS) is 13.1. The highest BCUT2D eigenvalue weighted by atomic mass is 32.3. The van der Waals surface area contributed by atoms with Crippen LogP contribution in [0.1, 0.15) is 39.5 Å². The van der Waals surface area contributed by atoms with Gasteiger partial charge in [-0.2, -0.15) is 52.7 Å². The van der Waals surface area contributed by atoms with Gasteiger partial charge < -0.3 is 8.25 Å². The summed E-state index contributed by atoms with van der Waals surface area (Å²) in [5.41, 5.74) is -24.8. The van der Waals surface area contributed by atoms with Crippen LogP contribution in [0.5, 0.6) is 0 Å². The van der Waals surface area contributed by atoms with Gasteiger partial charge >= 0.3 is 22.0 Å². The van der Waals surface area contributed by atoms with E-state index >= 15 is 0 Å². The van der Waals surface area contributed by atoms with E-state index in [0.29, 0.717) is 0 Å². The van der Waals surface area contributed by atoms with Crippen LogP contribution in [0.15, 0.2) is 61.2 Å². The second-order valence-electron chi connectivity index (χ2n) is 8.77. The first-order valence-corrected chi connectivity index (χ1v) is 18.7. The number of halogens is 12. The summed E-state index contributed by atoms with van der Waals surface area (Å²) in [5.74, 6) is 0. The molecule has 0 unspecified atom stereocenters. The number of alkyl halides is 12. The molecule has 0 saturated heterocycles. The third kappa shape index (κ3) is 18.4. The molecule has 0 aromatic carbocycles. The van der Waals surface area contributed by atoms with Crippen LogP contribution >= 0.6 is 0 Å². The van der Waals surface area contributed by atoms with Crippen molar-refractivity contribution in [3.63, 3.8) is 0 Å². The number of hydrogen-bond donors (Lipinski definition) is 0. The summed E-state index contributed by atoms with van der Waals surface area (Å²) in [6.45, 7) is 6.72. The molecular formula is C22H28F12N4O8S4. The van der Waals surface area contributed by atoms with Crippen molar-refractivity contribution in [2.24, 2.45) is 0 Å². The number of rotatable bonds is 10. The van der Waals surface area contributed by atoms with E-state index in [0.717, 1.165) is 21.3 Å². The zero-order chi connectivity index (χ0) is 39.9. The molecule has 2 rings (SSSR count). The Morgan fingerprint density at radius 3 is 0.780 bits per heavy atom. The Bertz CT molecular complexity index is 1510. The molecule has 0 bridgehead atoms. The van der Waals surface area contributed by atoms with E-state index in [1.807, 2.05) is 12.1 Å². The predicted molar refractivity (Wildman–Crippen MR) is 150 cm³/mol. The van der Waals surface area contributed by atoms with E-state index in [1.54, 1.807) is 0 Å². The number of aryl methyl sites for hydroxylation is 2. The van der Waals surface area contributed by atoms with Crippen LogP contribution in [0.3, 0.4) is 0 Å². The third-order valence-electron chi connectivity index (χ3n) is 4.66. The molecule has 0 fully saturated rings. The number of hydrogen-bond acceptors (Lipinski definition) is 8. The number of pyridine rings is 2. The summed E-state index contributed by atoms with van der Waals surface area (Å²) >= 11 is 0. The fourth-order valence-corrected chi connectivity index (χ4v) is 5.69. The van der Waals surface area contributed by atoms with E-state index in [9.17, 15) is 86.4 Å². The van der Waals surface area contributed by atoms with Crippen LogP contribution < -0.4 is 9.13 Å². The van der Waals surface area contributed by atoms with Gasteiger partial charge in [0.2, 0.25) is 0 Å². The van der Waals surface area contributed by atoms with Gasteiger partial charge in [0.05, 0.1) is 0 Å². The lowest BCUT2D eigenvalue weighted by Crippen LogP contribution is -2.31. The van der Waals surface area contributed by atoms with Crippen molar-refractivity contribution in [2.75, 3.05) is 0 Å². The largest absolute Gasteiger partial charge is 0.480 e. The zero-order valence-corrected chi connectivity index (χ0v) is 28.5. The topological polar surface area (TPSA) is 173 Å². The first-order valence-electron chi connectivity index (χ1n) is 12.9. The molecule has 28 heteroatoms. The predicted octanol–water partition coefficient (Wildman–Crippen LogP) is 5.67. The molecule has 292 valence electrons. The molecule has 0 saturated carbocycles. The maximum absolute atomic E-state index is 11.4. The van der Waals surface area contributed by atoms with Crippen LogP contribution in [0.2, 0.25) is 0 Å². The molecule has 0 amide bonds. The molecule has 0 radical (unpaired) electrons. The lowest BCUT2D eigenvalue weighted by atomic mass is 10.3. The van der Waals surface area contributed by atoms with E-state index < -0.39 is 62.1 Å². The van der Waals surface area contributed by atoms with Gasteiger partial charge in [0.15, 0.2) is 64.9 Å². The molecule has 12 nitrogen and oxygen atoms in total. The lowest BCUT2D eigenvalue weighted by molar-refractivity contribution is -0.697. The van der Waals surface area contributed by atoms with E-state index in [2.05, 4.69) is 72.0 Å². The van der Waals surface area contributed by atoms with Gasteiger partial charge in [-0.25, -0.2) is 42.8 Å². The third-order valence-corrected chi connectivity index (χ3v) is 10.1. The molecule has 0 aliphatic carbocycles. The average molecular weight is 833 g/mol. The molecule has 0 aliphatic rings. The minimum atomic E-state index is -6.72. The Kier molecular flexibility index (Phi) is 19.4. The van der Waals surface area contributed by atoms with E-state index in [4.69, 9.17) is 0 Å². The zero-order valence-electron chi connectivity index (χ0n) is 25.2. The molecule has 2 heterocycles. The van der Waals surface area contributed by atoms with Crippen molar-refractivity contribution in [3.05, 3.63) is 69.4 Å². The van der Waals surface area contributed by atoms with Crippen LogP contribution in [0, 0.1) is 0 Å². The smallest absolute Gasteiger partial charge is 0.421 e. The van der Waals surface area contributed by atoms with Gasteiger partial charge in [0.1, 0.15) is 13.1 Å². The van der Waals surface area contributed by atoms with Crippen LogP contribution in [0.25, 0.3) is 8.25 Å². The number of sulfonamides is 4. The standard InChI is InChI=1S/2C9H14N.2C2F6NO4S2/c2*1-2-3-7-10-8-5-4-6-9-10;2*3-1(4,5)14(10,11)9-15(12,13)2(6,7)8/h2*4-6,8-9H,2-3,7H2,1H3;;/q2*+1;2*-1. The summed E-state index contributed by atoms with van der Waals surface area (Å²) in [6.07, 6.45) is 13.5. The molecule has 2 aromatic rings. The van der Waals surface area contributed by atoms with E-state index in [1.165, 1.54) is 25.7 Å². The van der Waals surface area contributed by atoms with Crippen molar-refractivity contribution < 1.29 is 95.5 Å². The lowest BCUT2D eigenvalue weighted by Gasteiger charge is -2.22. The van der Waals surface area contributed by atoms with Crippen molar-refractivity contribution in [2.45, 2.75) is 74.7 Å². The van der Waals surface area contributed by atoms with Gasteiger partial charge in [-0.05, 0) is 0 Å². The molecule has 2 aromatic heterocycles. The summed E-state index contributed by atoms with van der Waals surface area (Å²) in [7, 11) is -26.9. The molecule has 0 N–H and O–H groups in total. The highest BCUT2D eigenvalue weighted by Crippen LogP contribution is 2.37. The molecule has 50 heavy (non-hydrogen) atoms. The highest BCUT2D eigenvalue weighted by molar-refractivity contribution is 8.13. The van der Waals surface area contributed by atoms with Gasteiger partial charge in [0, 0.05) is 37.1 Å². The van der Waals surface area contributed by atoms with E-state index in [-0.39, 0.29) is 0 Å². The van der Waals surface area contributed by atoms with Crippen molar-refractivity contribution in [1.29, 1.82) is 0 Å². The van der Waals surface area contributed by atoms with Gasteiger partial charge in [0.25, 0.3) is 0 Å². The molecular weight excluding hydrogens is 805 g/mol. The Hall–Kier alpha value is -2.82. The fourth-order valence-electron chi connectivity index (χ4n) is 2.28. The van der Waals surface area contributed by atoms with Crippen LogP contribution in [-0.4, -0.2) is 55.7 Å². The van der Waals surface area contributed by atoms with Crippen LogP contribution in [-0.2, 0) is 53.2 Å². The quantitative estimate of drug-likeness (QED) is 0.218. The number of nitrogens with zero attached hydrogens (tertiary/aromatic N) is 4. The minimum absolute atomic E-state index is 0.778. The Labute approximate surface area is 279 Å². The first-order chi connectivity index (χ1) is 22.3. The Morgan fingerprint density at radius 2 is 0.620 bits per heavy atom. The number of aromatic nitrogens is 2. The molecule has 0 atom stereocenters. The van der Waals surface area contributed by atoms with Crippen molar-refractivity contribution in [1.82, 2.24) is 0 Å². The summed E-state index contributed by atoms with van der Waals surface area (Å²) in [5, 5.41) is 0. The molecule has 0 aliphatic heterocycles. The monoisotopic (exact) mass is 832 g/mol. The summed E-state index contributed by atoms with van der Waals surface area (Å²) in [4.78, 5) is 0. The summed E-state index contributed by atoms with van der Waals surface area (Å²) in [6, 6.07) is 12.3. The minimum Gasteiger partial charge on any atom is -0.421 e. The average Bonchev–Trinajstić information content (AvgIpc) is 2.94. The van der Waals surface area contributed by atoms with Gasteiger partial charge in [-0.1, -0.05) is 38.8 Å². The highest BCUT2D eigenvalue weighted by Gasteiger charge is 2.48. The maximum atomic E-state index is 11.4. The SMILES string of the molecule is CCCC[n+]1ccccc1.CCCC[n+]1ccccc1.O=S(=O)([N-]S(=O)(=O)C(F)(F)F)C(F)(F)F.O=S(=O)([N-]S(=O)(=O)C(F)(F)F)C(F)(F)F. The maximum Gasteiger partial charge on any atom is 0.480 e. The van der Waals surface area contributed by atoms with Crippen molar-refractivity contribution in [3.8, 4) is 0 Å². The first kappa shape index (κ1) is 49.3. The second kappa shape index (κ2) is 19.7.